The van der Waals surface area contributed by atoms with E-state index in [-0.39, 0.29) is 24.0 Å². The number of aryl methyl sites for hydroxylation is 1. The van der Waals surface area contributed by atoms with E-state index in [2.05, 4.69) is 48.2 Å². The molecule has 8 rings (SSSR count). The Bertz CT molecular complexity index is 1890. The van der Waals surface area contributed by atoms with Gasteiger partial charge in [-0.1, -0.05) is 26.8 Å². The van der Waals surface area contributed by atoms with E-state index in [1.54, 1.807) is 29.1 Å². The minimum atomic E-state index is -0.366. The number of nitrogens with one attached hydrogen (secondary N) is 2. The molecule has 4 aromatic rings. The van der Waals surface area contributed by atoms with Crippen molar-refractivity contribution in [2.75, 3.05) is 32.1 Å². The van der Waals surface area contributed by atoms with Gasteiger partial charge in [0.2, 0.25) is 0 Å². The number of aliphatic imine (C=N–C) groups is 1. The number of nitrogens with zero attached hydrogens (tertiary/aromatic N) is 5. The number of fused-ring (bicyclic) bond motifs is 3. The van der Waals surface area contributed by atoms with Crippen molar-refractivity contribution in [3.8, 4) is 17.1 Å². The monoisotopic (exact) mass is 651 g/mol. The highest BCUT2D eigenvalue weighted by molar-refractivity contribution is 5.96. The third-order valence-corrected chi connectivity index (χ3v) is 11.3. The molecule has 0 radical (unpaired) electrons. The zero-order valence-electron chi connectivity index (χ0n) is 28.5. The molecule has 252 valence electrons. The molecule has 10 heteroatoms. The summed E-state index contributed by atoms with van der Waals surface area (Å²) >= 11 is 0. The van der Waals surface area contributed by atoms with Crippen LogP contribution in [0.15, 0.2) is 70.7 Å². The summed E-state index contributed by atoms with van der Waals surface area (Å²) in [7, 11) is 1.51. The fourth-order valence-corrected chi connectivity index (χ4v) is 8.21. The second-order valence-electron chi connectivity index (χ2n) is 14.5. The van der Waals surface area contributed by atoms with Crippen molar-refractivity contribution in [1.82, 2.24) is 24.8 Å². The number of methoxy groups -OCH3 is 1. The smallest absolute Gasteiger partial charge is 0.261 e. The van der Waals surface area contributed by atoms with Gasteiger partial charge in [0.1, 0.15) is 17.4 Å². The van der Waals surface area contributed by atoms with E-state index in [4.69, 9.17) is 14.7 Å². The Kier molecular flexibility index (Phi) is 8.70. The minimum Gasteiger partial charge on any atom is -0.497 e. The molecule has 3 saturated carbocycles. The van der Waals surface area contributed by atoms with Gasteiger partial charge >= 0.3 is 0 Å². The fourth-order valence-electron chi connectivity index (χ4n) is 8.21. The van der Waals surface area contributed by atoms with Crippen LogP contribution in [-0.2, 0) is 13.0 Å². The Morgan fingerprint density at radius 3 is 2.73 bits per heavy atom. The number of rotatable bonds is 7. The van der Waals surface area contributed by atoms with Crippen molar-refractivity contribution in [2.45, 2.75) is 65.6 Å². The molecule has 0 unspecified atom stereocenters. The van der Waals surface area contributed by atoms with E-state index in [0.29, 0.717) is 57.8 Å². The maximum atomic E-state index is 14.8. The third kappa shape index (κ3) is 6.06. The van der Waals surface area contributed by atoms with E-state index in [0.717, 1.165) is 49.2 Å². The van der Waals surface area contributed by atoms with Crippen molar-refractivity contribution >= 4 is 22.5 Å². The summed E-state index contributed by atoms with van der Waals surface area (Å²) in [5.74, 6) is 3.41. The van der Waals surface area contributed by atoms with Crippen LogP contribution in [0, 0.1) is 29.0 Å². The van der Waals surface area contributed by atoms with Crippen LogP contribution in [0.1, 0.15) is 46.1 Å². The fraction of sp³-hybridized carbons (Fsp3) is 0.474. The average molecular weight is 652 g/mol. The quantitative estimate of drug-likeness (QED) is 0.188. The summed E-state index contributed by atoms with van der Waals surface area (Å²) in [6.07, 6.45) is 6.14. The number of benzene rings is 2. The van der Waals surface area contributed by atoms with Crippen LogP contribution in [0.4, 0.5) is 10.1 Å². The Morgan fingerprint density at radius 1 is 1.17 bits per heavy atom. The molecule has 1 aliphatic heterocycles. The lowest BCUT2D eigenvalue weighted by Gasteiger charge is -2.61. The highest BCUT2D eigenvalue weighted by atomic mass is 19.1. The normalized spacial score (nSPS) is 25.1. The van der Waals surface area contributed by atoms with Crippen molar-refractivity contribution in [1.29, 1.82) is 0 Å². The third-order valence-electron chi connectivity index (χ3n) is 11.3. The van der Waals surface area contributed by atoms with E-state index in [9.17, 15) is 9.18 Å². The van der Waals surface area contributed by atoms with Gasteiger partial charge in [0.15, 0.2) is 5.96 Å². The van der Waals surface area contributed by atoms with E-state index >= 15 is 0 Å². The molecule has 2 aromatic heterocycles. The van der Waals surface area contributed by atoms with Gasteiger partial charge in [-0.2, -0.15) is 0 Å². The van der Waals surface area contributed by atoms with Gasteiger partial charge in [0.05, 0.1) is 24.1 Å². The number of ether oxygens (including phenoxy) is 1. The molecule has 4 fully saturated rings. The lowest BCUT2D eigenvalue weighted by Crippen LogP contribution is -2.57. The van der Waals surface area contributed by atoms with Crippen LogP contribution < -0.4 is 20.9 Å². The van der Waals surface area contributed by atoms with Crippen molar-refractivity contribution in [2.24, 2.45) is 28.2 Å². The highest BCUT2D eigenvalue weighted by Crippen LogP contribution is 2.61. The molecule has 1 saturated heterocycles. The summed E-state index contributed by atoms with van der Waals surface area (Å²) in [6.45, 7) is 12.3. The first-order chi connectivity index (χ1) is 23.1. The zero-order chi connectivity index (χ0) is 33.6. The van der Waals surface area contributed by atoms with Gasteiger partial charge in [-0.05, 0) is 91.3 Å². The van der Waals surface area contributed by atoms with Crippen LogP contribution >= 0.6 is 0 Å². The predicted molar refractivity (Wildman–Crippen MR) is 189 cm³/mol. The number of anilines is 1. The zero-order valence-corrected chi connectivity index (χ0v) is 28.5. The van der Waals surface area contributed by atoms with Gasteiger partial charge in [-0.15, -0.1) is 0 Å². The number of guanidine groups is 1. The molecule has 0 spiro atoms. The molecule has 2 aromatic carbocycles. The molecular weight excluding hydrogens is 605 g/mol. The largest absolute Gasteiger partial charge is 0.497 e. The van der Waals surface area contributed by atoms with Crippen molar-refractivity contribution < 1.29 is 9.13 Å². The van der Waals surface area contributed by atoms with E-state index in [1.165, 1.54) is 19.6 Å². The van der Waals surface area contributed by atoms with Gasteiger partial charge in [0.25, 0.3) is 5.56 Å². The minimum absolute atomic E-state index is 0.179. The summed E-state index contributed by atoms with van der Waals surface area (Å²) in [6, 6.07) is 14.9. The van der Waals surface area contributed by atoms with Gasteiger partial charge in [-0.3, -0.25) is 14.3 Å². The molecule has 48 heavy (non-hydrogen) atoms. The number of hydrogen-bond donors (Lipinski definition) is 2. The van der Waals surface area contributed by atoms with Gasteiger partial charge in [0, 0.05) is 61.9 Å². The molecule has 5 atom stereocenters. The molecule has 2 bridgehead atoms. The lowest BCUT2D eigenvalue weighted by molar-refractivity contribution is -0.108. The molecule has 3 heterocycles. The first-order valence-electron chi connectivity index (χ1n) is 17.2. The molecule has 2 N–H and O–H groups in total. The predicted octanol–water partition coefficient (Wildman–Crippen LogP) is 5.98. The highest BCUT2D eigenvalue weighted by Gasteiger charge is 2.56. The average Bonchev–Trinajstić information content (AvgIpc) is 3.08. The van der Waals surface area contributed by atoms with E-state index < -0.39 is 0 Å². The number of halogens is 1. The first-order valence-corrected chi connectivity index (χ1v) is 17.2. The number of aromatic nitrogens is 3. The van der Waals surface area contributed by atoms with Crippen LogP contribution in [0.3, 0.4) is 0 Å². The van der Waals surface area contributed by atoms with Crippen LogP contribution in [0.25, 0.3) is 22.3 Å². The molecule has 0 amide bonds. The number of hydrogen-bond acceptors (Lipinski definition) is 6. The first kappa shape index (κ1) is 32.2. The maximum absolute atomic E-state index is 14.8. The SMILES string of the molecule is COc1ccc(CCn2c(-c3cccnc3)nc3cc(NC(=N[C@H]4C[C@H]5C[C@@H]([C@@H]4C)C5(C)C)N4CCN[C@@H](C)C4)ccc3c2=O)c(F)c1. The van der Waals surface area contributed by atoms with Crippen LogP contribution in [0.2, 0.25) is 0 Å². The Morgan fingerprint density at radius 2 is 2.02 bits per heavy atom. The number of piperazine rings is 1. The Labute approximate surface area is 281 Å². The lowest BCUT2D eigenvalue weighted by atomic mass is 9.45. The summed E-state index contributed by atoms with van der Waals surface area (Å²) in [5, 5.41) is 7.72. The van der Waals surface area contributed by atoms with Crippen molar-refractivity contribution in [3.05, 3.63) is 82.7 Å². The maximum Gasteiger partial charge on any atom is 0.261 e. The summed E-state index contributed by atoms with van der Waals surface area (Å²) in [4.78, 5) is 31.2. The van der Waals surface area contributed by atoms with Gasteiger partial charge < -0.3 is 20.3 Å². The van der Waals surface area contributed by atoms with Crippen LogP contribution in [0.5, 0.6) is 5.75 Å². The molecule has 3 aliphatic carbocycles. The van der Waals surface area contributed by atoms with E-state index in [1.807, 2.05) is 30.3 Å². The molecular formula is C38H46FN7O2. The van der Waals surface area contributed by atoms with Gasteiger partial charge in [-0.25, -0.2) is 14.4 Å². The van der Waals surface area contributed by atoms with Crippen LogP contribution in [-0.4, -0.2) is 64.2 Å². The molecule has 4 aliphatic rings. The molecule has 9 nitrogen and oxygen atoms in total. The second kappa shape index (κ2) is 13.0. The Hall–Kier alpha value is -4.31. The Balaban J connectivity index is 1.23. The topological polar surface area (TPSA) is 96.7 Å². The second-order valence-corrected chi connectivity index (χ2v) is 14.5. The summed E-state index contributed by atoms with van der Waals surface area (Å²) in [5.41, 5.74) is 2.86. The summed E-state index contributed by atoms with van der Waals surface area (Å²) < 4.78 is 21.6. The number of pyridine rings is 1. The standard InChI is InChI=1S/C38H46FN7O2/c1-23-22-45(16-14-41-23)37(44-33-18-27-17-31(24(33)2)38(27,3)4)42-28-9-11-30-34(19-28)43-35(26-7-6-13-40-21-26)46(36(30)47)15-12-25-8-10-29(48-5)20-32(25)39/h6-11,13,19-21,23-24,27,31,33,41H,12,14-18,22H2,1-5H3,(H,42,44)/t23-,24-,27+,31-,33-/m0/s1. The van der Waals surface area contributed by atoms with Crippen molar-refractivity contribution in [3.63, 3.8) is 0 Å².